The zero-order chi connectivity index (χ0) is 13.9. The van der Waals surface area contributed by atoms with Crippen molar-refractivity contribution in [3.05, 3.63) is 24.0 Å². The van der Waals surface area contributed by atoms with Crippen molar-refractivity contribution >= 4 is 0 Å². The van der Waals surface area contributed by atoms with E-state index < -0.39 is 0 Å². The predicted molar refractivity (Wildman–Crippen MR) is 72.8 cm³/mol. The monoisotopic (exact) mass is 263 g/mol. The normalized spacial score (nSPS) is 12.0. The molecule has 0 aliphatic rings. The Kier molecular flexibility index (Phi) is 4.04. The lowest BCUT2D eigenvalue weighted by Gasteiger charge is -2.19. The maximum absolute atomic E-state index is 5.63. The average molecular weight is 263 g/mol. The van der Waals surface area contributed by atoms with Gasteiger partial charge in [0.1, 0.15) is 5.76 Å². The molecule has 19 heavy (non-hydrogen) atoms. The van der Waals surface area contributed by atoms with Crippen molar-refractivity contribution in [3.63, 3.8) is 0 Å². The van der Waals surface area contributed by atoms with Crippen LogP contribution in [0, 0.1) is 6.92 Å². The first kappa shape index (κ1) is 13.8. The summed E-state index contributed by atoms with van der Waals surface area (Å²) in [6, 6.07) is 1.84. The molecule has 0 aliphatic heterocycles. The van der Waals surface area contributed by atoms with Crippen LogP contribution in [0.5, 0.6) is 0 Å². The van der Waals surface area contributed by atoms with Crippen LogP contribution in [0.25, 0.3) is 11.5 Å². The lowest BCUT2D eigenvalue weighted by atomic mass is 10.1. The van der Waals surface area contributed by atoms with Gasteiger partial charge in [-0.25, -0.2) is 0 Å². The van der Waals surface area contributed by atoms with Crippen molar-refractivity contribution in [3.8, 4) is 11.5 Å². The Morgan fingerprint density at radius 2 is 2.05 bits per heavy atom. The lowest BCUT2D eigenvalue weighted by Crippen LogP contribution is -2.36. The van der Waals surface area contributed by atoms with E-state index in [1.807, 2.05) is 13.0 Å². The summed E-state index contributed by atoms with van der Waals surface area (Å²) in [5.74, 6) is 2.00. The van der Waals surface area contributed by atoms with Crippen LogP contribution >= 0.6 is 0 Å². The summed E-state index contributed by atoms with van der Waals surface area (Å²) >= 11 is 0. The largest absolute Gasteiger partial charge is 0.469 e. The quantitative estimate of drug-likeness (QED) is 0.840. The number of furan rings is 1. The standard InChI is InChI=1S/C14H21N3O2/c1-10-11(7-9-18-10)13-17-16-12(19-13)6-5-8-15-14(2,3)4/h7,9,15H,5-6,8H2,1-4H3. The Morgan fingerprint density at radius 1 is 1.26 bits per heavy atom. The van der Waals surface area contributed by atoms with Gasteiger partial charge in [-0.1, -0.05) is 0 Å². The Labute approximate surface area is 113 Å². The predicted octanol–water partition coefficient (Wildman–Crippen LogP) is 2.96. The van der Waals surface area contributed by atoms with E-state index in [9.17, 15) is 0 Å². The second-order valence-electron chi connectivity index (χ2n) is 5.67. The first-order valence-corrected chi connectivity index (χ1v) is 6.57. The Hall–Kier alpha value is -1.62. The minimum Gasteiger partial charge on any atom is -0.469 e. The third-order valence-corrected chi connectivity index (χ3v) is 2.78. The second-order valence-corrected chi connectivity index (χ2v) is 5.67. The van der Waals surface area contributed by atoms with Gasteiger partial charge in [-0.15, -0.1) is 10.2 Å². The molecule has 2 heterocycles. The van der Waals surface area contributed by atoms with Gasteiger partial charge in [-0.05, 0) is 46.7 Å². The first-order valence-electron chi connectivity index (χ1n) is 6.57. The van der Waals surface area contributed by atoms with Crippen LogP contribution in [0.2, 0.25) is 0 Å². The molecule has 0 aromatic carbocycles. The van der Waals surface area contributed by atoms with E-state index in [2.05, 4.69) is 36.3 Å². The third-order valence-electron chi connectivity index (χ3n) is 2.78. The van der Waals surface area contributed by atoms with Crippen LogP contribution in [0.15, 0.2) is 21.2 Å². The number of hydrogen-bond donors (Lipinski definition) is 1. The summed E-state index contributed by atoms with van der Waals surface area (Å²) in [6.07, 6.45) is 3.39. The molecular weight excluding hydrogens is 242 g/mol. The van der Waals surface area contributed by atoms with Crippen LogP contribution in [-0.4, -0.2) is 22.3 Å². The highest BCUT2D eigenvalue weighted by Gasteiger charge is 2.13. The summed E-state index contributed by atoms with van der Waals surface area (Å²) in [5.41, 5.74) is 1.01. The molecule has 0 bridgehead atoms. The van der Waals surface area contributed by atoms with E-state index in [4.69, 9.17) is 8.83 Å². The topological polar surface area (TPSA) is 64.1 Å². The Balaban J connectivity index is 1.87. The van der Waals surface area contributed by atoms with Gasteiger partial charge in [0.25, 0.3) is 5.89 Å². The van der Waals surface area contributed by atoms with Crippen LogP contribution in [-0.2, 0) is 6.42 Å². The number of nitrogens with one attached hydrogen (secondary N) is 1. The van der Waals surface area contributed by atoms with Crippen LogP contribution < -0.4 is 5.32 Å². The molecule has 2 aromatic heterocycles. The number of hydrogen-bond acceptors (Lipinski definition) is 5. The fourth-order valence-corrected chi connectivity index (χ4v) is 1.77. The Morgan fingerprint density at radius 3 is 2.68 bits per heavy atom. The van der Waals surface area contributed by atoms with Crippen LogP contribution in [0.3, 0.4) is 0 Å². The van der Waals surface area contributed by atoms with Crippen LogP contribution in [0.4, 0.5) is 0 Å². The van der Waals surface area contributed by atoms with Crippen LogP contribution in [0.1, 0.15) is 38.8 Å². The van der Waals surface area contributed by atoms with Gasteiger partial charge in [0, 0.05) is 12.0 Å². The lowest BCUT2D eigenvalue weighted by molar-refractivity contribution is 0.412. The van der Waals surface area contributed by atoms with E-state index in [1.54, 1.807) is 6.26 Å². The molecule has 2 aromatic rings. The first-order chi connectivity index (χ1) is 8.96. The molecule has 0 atom stereocenters. The average Bonchev–Trinajstić information content (AvgIpc) is 2.91. The molecule has 5 heteroatoms. The van der Waals surface area contributed by atoms with E-state index in [-0.39, 0.29) is 5.54 Å². The number of nitrogens with zero attached hydrogens (tertiary/aromatic N) is 2. The molecule has 0 fully saturated rings. The summed E-state index contributed by atoms with van der Waals surface area (Å²) in [6.45, 7) is 9.27. The van der Waals surface area contributed by atoms with Gasteiger partial charge in [0.05, 0.1) is 11.8 Å². The maximum Gasteiger partial charge on any atom is 0.251 e. The summed E-state index contributed by atoms with van der Waals surface area (Å²) < 4.78 is 10.9. The molecule has 2 rings (SSSR count). The highest BCUT2D eigenvalue weighted by Crippen LogP contribution is 2.22. The van der Waals surface area contributed by atoms with Gasteiger partial charge in [0.15, 0.2) is 0 Å². The molecule has 0 spiro atoms. The molecule has 0 aliphatic carbocycles. The van der Waals surface area contributed by atoms with Gasteiger partial charge >= 0.3 is 0 Å². The SMILES string of the molecule is Cc1occc1-c1nnc(CCCNC(C)(C)C)o1. The van der Waals surface area contributed by atoms with E-state index in [0.717, 1.165) is 30.7 Å². The van der Waals surface area contributed by atoms with E-state index in [0.29, 0.717) is 11.8 Å². The zero-order valence-corrected chi connectivity index (χ0v) is 12.0. The van der Waals surface area contributed by atoms with Gasteiger partial charge < -0.3 is 14.2 Å². The number of aryl methyl sites for hydroxylation is 2. The molecule has 0 radical (unpaired) electrons. The molecule has 0 amide bonds. The van der Waals surface area contributed by atoms with Gasteiger partial charge in [-0.3, -0.25) is 0 Å². The molecule has 0 unspecified atom stereocenters. The smallest absolute Gasteiger partial charge is 0.251 e. The minimum atomic E-state index is 0.147. The van der Waals surface area contributed by atoms with E-state index in [1.165, 1.54) is 0 Å². The van der Waals surface area contributed by atoms with Crippen molar-refractivity contribution in [2.24, 2.45) is 0 Å². The molecular formula is C14H21N3O2. The van der Waals surface area contributed by atoms with E-state index >= 15 is 0 Å². The van der Waals surface area contributed by atoms with Crippen molar-refractivity contribution < 1.29 is 8.83 Å². The van der Waals surface area contributed by atoms with Crippen molar-refractivity contribution in [2.75, 3.05) is 6.54 Å². The molecule has 5 nitrogen and oxygen atoms in total. The van der Waals surface area contributed by atoms with Crippen molar-refractivity contribution in [2.45, 2.75) is 46.1 Å². The number of rotatable bonds is 5. The summed E-state index contributed by atoms with van der Waals surface area (Å²) in [7, 11) is 0. The summed E-state index contributed by atoms with van der Waals surface area (Å²) in [4.78, 5) is 0. The van der Waals surface area contributed by atoms with Crippen molar-refractivity contribution in [1.29, 1.82) is 0 Å². The molecule has 104 valence electrons. The highest BCUT2D eigenvalue weighted by atomic mass is 16.4. The molecule has 0 saturated heterocycles. The fraction of sp³-hybridized carbons (Fsp3) is 0.571. The van der Waals surface area contributed by atoms with Gasteiger partial charge in [0.2, 0.25) is 5.89 Å². The molecule has 1 N–H and O–H groups in total. The van der Waals surface area contributed by atoms with Crippen molar-refractivity contribution in [1.82, 2.24) is 15.5 Å². The molecule has 0 saturated carbocycles. The highest BCUT2D eigenvalue weighted by molar-refractivity contribution is 5.54. The Bertz CT molecular complexity index is 523. The zero-order valence-electron chi connectivity index (χ0n) is 12.0. The minimum absolute atomic E-state index is 0.147. The van der Waals surface area contributed by atoms with Gasteiger partial charge in [-0.2, -0.15) is 0 Å². The summed E-state index contributed by atoms with van der Waals surface area (Å²) in [5, 5.41) is 11.5. The number of aromatic nitrogens is 2. The maximum atomic E-state index is 5.63. The second kappa shape index (κ2) is 5.57. The third kappa shape index (κ3) is 3.92. The fourth-order valence-electron chi connectivity index (χ4n) is 1.77.